The van der Waals surface area contributed by atoms with Crippen molar-refractivity contribution in [2.75, 3.05) is 38.7 Å². The van der Waals surface area contributed by atoms with Crippen LogP contribution in [0.1, 0.15) is 23.7 Å². The van der Waals surface area contributed by atoms with Gasteiger partial charge in [0.15, 0.2) is 0 Å². The van der Waals surface area contributed by atoms with Crippen LogP contribution in [0, 0.1) is 0 Å². The van der Waals surface area contributed by atoms with Gasteiger partial charge < -0.3 is 19.7 Å². The van der Waals surface area contributed by atoms with Crippen molar-refractivity contribution in [1.29, 1.82) is 0 Å². The SMILES string of the molecule is CCC(=O)Nc1cc(C(=O)N2CCOCC2)ccc1OC. The Morgan fingerprint density at radius 2 is 2.05 bits per heavy atom. The van der Waals surface area contributed by atoms with Gasteiger partial charge in [0, 0.05) is 25.1 Å². The molecule has 1 fully saturated rings. The number of hydrogen-bond acceptors (Lipinski definition) is 4. The van der Waals surface area contributed by atoms with E-state index in [2.05, 4.69) is 5.32 Å². The molecule has 0 saturated carbocycles. The summed E-state index contributed by atoms with van der Waals surface area (Å²) in [6, 6.07) is 5.06. The summed E-state index contributed by atoms with van der Waals surface area (Å²) in [5.41, 5.74) is 1.05. The number of anilines is 1. The van der Waals surface area contributed by atoms with Crippen molar-refractivity contribution in [2.45, 2.75) is 13.3 Å². The minimum absolute atomic E-state index is 0.0621. The van der Waals surface area contributed by atoms with Crippen LogP contribution in [-0.4, -0.2) is 50.1 Å². The topological polar surface area (TPSA) is 67.9 Å². The third-order valence-corrected chi connectivity index (χ3v) is 3.34. The summed E-state index contributed by atoms with van der Waals surface area (Å²) in [4.78, 5) is 25.7. The van der Waals surface area contributed by atoms with Gasteiger partial charge in [-0.3, -0.25) is 9.59 Å². The molecule has 1 aliphatic rings. The third-order valence-electron chi connectivity index (χ3n) is 3.34. The molecular formula is C15H20N2O4. The zero-order valence-corrected chi connectivity index (χ0v) is 12.3. The van der Waals surface area contributed by atoms with Crippen LogP contribution in [0.25, 0.3) is 0 Å². The number of rotatable bonds is 4. The fourth-order valence-electron chi connectivity index (χ4n) is 2.13. The van der Waals surface area contributed by atoms with E-state index in [0.29, 0.717) is 49.7 Å². The van der Waals surface area contributed by atoms with Crippen molar-refractivity contribution in [3.05, 3.63) is 23.8 Å². The van der Waals surface area contributed by atoms with Crippen LogP contribution in [0.2, 0.25) is 0 Å². The Morgan fingerprint density at radius 3 is 2.67 bits per heavy atom. The Bertz CT molecular complexity index is 524. The normalized spacial score (nSPS) is 14.7. The summed E-state index contributed by atoms with van der Waals surface area (Å²) in [6.45, 7) is 4.05. The van der Waals surface area contributed by atoms with Gasteiger partial charge >= 0.3 is 0 Å². The van der Waals surface area contributed by atoms with Gasteiger partial charge in [-0.15, -0.1) is 0 Å². The lowest BCUT2D eigenvalue weighted by Gasteiger charge is -2.27. The molecule has 0 aromatic heterocycles. The highest BCUT2D eigenvalue weighted by Gasteiger charge is 2.20. The monoisotopic (exact) mass is 292 g/mol. The second-order valence-corrected chi connectivity index (χ2v) is 4.72. The van der Waals surface area contributed by atoms with E-state index in [0.717, 1.165) is 0 Å². The molecule has 114 valence electrons. The van der Waals surface area contributed by atoms with Crippen molar-refractivity contribution in [3.63, 3.8) is 0 Å². The van der Waals surface area contributed by atoms with Crippen molar-refractivity contribution >= 4 is 17.5 Å². The summed E-state index contributed by atoms with van der Waals surface area (Å²) in [5.74, 6) is 0.354. The van der Waals surface area contributed by atoms with E-state index < -0.39 is 0 Å². The number of nitrogens with one attached hydrogen (secondary N) is 1. The molecule has 2 amide bonds. The predicted octanol–water partition coefficient (Wildman–Crippen LogP) is 1.52. The summed E-state index contributed by atoms with van der Waals surface area (Å²) in [7, 11) is 1.53. The van der Waals surface area contributed by atoms with Crippen LogP contribution in [0.4, 0.5) is 5.69 Å². The number of hydrogen-bond donors (Lipinski definition) is 1. The van der Waals surface area contributed by atoms with Crippen molar-refractivity contribution in [2.24, 2.45) is 0 Å². The highest BCUT2D eigenvalue weighted by atomic mass is 16.5. The number of methoxy groups -OCH3 is 1. The fourth-order valence-corrected chi connectivity index (χ4v) is 2.13. The molecule has 0 spiro atoms. The van der Waals surface area contributed by atoms with Crippen LogP contribution >= 0.6 is 0 Å². The number of nitrogens with zero attached hydrogens (tertiary/aromatic N) is 1. The van der Waals surface area contributed by atoms with Crippen molar-refractivity contribution in [3.8, 4) is 5.75 Å². The number of ether oxygens (including phenoxy) is 2. The van der Waals surface area contributed by atoms with Crippen LogP contribution in [0.15, 0.2) is 18.2 Å². The lowest BCUT2D eigenvalue weighted by Crippen LogP contribution is -2.40. The summed E-state index contributed by atoms with van der Waals surface area (Å²) in [6.07, 6.45) is 0.366. The van der Waals surface area contributed by atoms with Crippen LogP contribution in [0.5, 0.6) is 5.75 Å². The zero-order chi connectivity index (χ0) is 15.2. The van der Waals surface area contributed by atoms with Gasteiger partial charge in [-0.25, -0.2) is 0 Å². The molecule has 1 N–H and O–H groups in total. The first-order valence-electron chi connectivity index (χ1n) is 7.00. The molecule has 21 heavy (non-hydrogen) atoms. The van der Waals surface area contributed by atoms with E-state index in [1.165, 1.54) is 7.11 Å². The van der Waals surface area contributed by atoms with Gasteiger partial charge in [-0.05, 0) is 18.2 Å². The standard InChI is InChI=1S/C15H20N2O4/c1-3-14(18)16-12-10-11(4-5-13(12)20-2)15(19)17-6-8-21-9-7-17/h4-5,10H,3,6-9H2,1-2H3,(H,16,18). The minimum atomic E-state index is -0.121. The zero-order valence-electron chi connectivity index (χ0n) is 12.3. The fraction of sp³-hybridized carbons (Fsp3) is 0.467. The molecule has 2 rings (SSSR count). The Hall–Kier alpha value is -2.08. The lowest BCUT2D eigenvalue weighted by molar-refractivity contribution is -0.115. The van der Waals surface area contributed by atoms with Crippen LogP contribution in [0.3, 0.4) is 0 Å². The number of benzene rings is 1. The molecule has 1 saturated heterocycles. The molecule has 1 aromatic rings. The highest BCUT2D eigenvalue weighted by molar-refractivity contribution is 5.98. The molecule has 0 unspecified atom stereocenters. The van der Waals surface area contributed by atoms with E-state index in [9.17, 15) is 9.59 Å². The molecule has 6 heteroatoms. The van der Waals surface area contributed by atoms with Crippen LogP contribution in [-0.2, 0) is 9.53 Å². The number of carbonyl (C=O) groups excluding carboxylic acids is 2. The first-order chi connectivity index (χ1) is 10.2. The van der Waals surface area contributed by atoms with Gasteiger partial charge in [0.25, 0.3) is 5.91 Å². The minimum Gasteiger partial charge on any atom is -0.495 e. The quantitative estimate of drug-likeness (QED) is 0.913. The second kappa shape index (κ2) is 7.08. The van der Waals surface area contributed by atoms with E-state index in [-0.39, 0.29) is 11.8 Å². The van der Waals surface area contributed by atoms with E-state index in [1.54, 1.807) is 30.0 Å². The first kappa shape index (κ1) is 15.3. The molecule has 6 nitrogen and oxygen atoms in total. The van der Waals surface area contributed by atoms with Gasteiger partial charge in [-0.2, -0.15) is 0 Å². The molecule has 0 aliphatic carbocycles. The highest BCUT2D eigenvalue weighted by Crippen LogP contribution is 2.26. The maximum absolute atomic E-state index is 12.4. The van der Waals surface area contributed by atoms with Crippen molar-refractivity contribution < 1.29 is 19.1 Å². The largest absolute Gasteiger partial charge is 0.495 e. The van der Waals surface area contributed by atoms with E-state index in [1.807, 2.05) is 0 Å². The molecular weight excluding hydrogens is 272 g/mol. The molecule has 0 radical (unpaired) electrons. The smallest absolute Gasteiger partial charge is 0.254 e. The van der Waals surface area contributed by atoms with Crippen molar-refractivity contribution in [1.82, 2.24) is 4.90 Å². The molecule has 0 bridgehead atoms. The molecule has 1 heterocycles. The van der Waals surface area contributed by atoms with E-state index >= 15 is 0 Å². The molecule has 1 aromatic carbocycles. The maximum atomic E-state index is 12.4. The third kappa shape index (κ3) is 3.72. The first-order valence-corrected chi connectivity index (χ1v) is 7.00. The Labute approximate surface area is 124 Å². The summed E-state index contributed by atoms with van der Waals surface area (Å²) in [5, 5.41) is 2.75. The predicted molar refractivity (Wildman–Crippen MR) is 78.6 cm³/mol. The Balaban J connectivity index is 2.21. The number of amides is 2. The van der Waals surface area contributed by atoms with Crippen LogP contribution < -0.4 is 10.1 Å². The van der Waals surface area contributed by atoms with Gasteiger partial charge in [0.05, 0.1) is 26.0 Å². The number of morpholine rings is 1. The Morgan fingerprint density at radius 1 is 1.33 bits per heavy atom. The Kier molecular flexibility index (Phi) is 5.16. The van der Waals surface area contributed by atoms with Gasteiger partial charge in [-0.1, -0.05) is 6.92 Å². The average Bonchev–Trinajstić information content (AvgIpc) is 2.54. The molecule has 1 aliphatic heterocycles. The van der Waals surface area contributed by atoms with Gasteiger partial charge in [0.2, 0.25) is 5.91 Å². The second-order valence-electron chi connectivity index (χ2n) is 4.72. The lowest BCUT2D eigenvalue weighted by atomic mass is 10.1. The summed E-state index contributed by atoms with van der Waals surface area (Å²) >= 11 is 0. The summed E-state index contributed by atoms with van der Waals surface area (Å²) < 4.78 is 10.5. The number of carbonyl (C=O) groups is 2. The van der Waals surface area contributed by atoms with E-state index in [4.69, 9.17) is 9.47 Å². The van der Waals surface area contributed by atoms with Gasteiger partial charge in [0.1, 0.15) is 5.75 Å². The average molecular weight is 292 g/mol. The maximum Gasteiger partial charge on any atom is 0.254 e. The molecule has 0 atom stereocenters.